The average Bonchev–Trinajstić information content (AvgIpc) is 2.52. The molecule has 2 rings (SSSR count). The largest absolute Gasteiger partial charge is 0.346 e. The van der Waals surface area contributed by atoms with Crippen molar-refractivity contribution in [3.63, 3.8) is 0 Å². The molecule has 0 bridgehead atoms. The highest BCUT2D eigenvalue weighted by Gasteiger charge is 2.10. The number of hydrogen-bond donors (Lipinski definition) is 2. The van der Waals surface area contributed by atoms with E-state index < -0.39 is 0 Å². The Morgan fingerprint density at radius 3 is 3.00 bits per heavy atom. The van der Waals surface area contributed by atoms with Crippen LogP contribution in [-0.2, 0) is 0 Å². The third-order valence-corrected chi connectivity index (χ3v) is 1.82. The fourth-order valence-electron chi connectivity index (χ4n) is 1.18. The van der Waals surface area contributed by atoms with Crippen LogP contribution in [0.5, 0.6) is 0 Å². The Bertz CT molecular complexity index is 523. The summed E-state index contributed by atoms with van der Waals surface area (Å²) in [7, 11) is 0. The topological polar surface area (TPSA) is 78.6 Å². The predicted molar refractivity (Wildman–Crippen MR) is 46.7 cm³/mol. The van der Waals surface area contributed by atoms with E-state index in [0.717, 1.165) is 0 Å². The van der Waals surface area contributed by atoms with E-state index in [0.29, 0.717) is 11.0 Å². The molecule has 5 nitrogen and oxygen atoms in total. The molecule has 66 valence electrons. The average molecular weight is 177 g/mol. The van der Waals surface area contributed by atoms with Crippen LogP contribution in [0.1, 0.15) is 17.4 Å². The number of H-pyrrole nitrogens is 2. The van der Waals surface area contributed by atoms with Gasteiger partial charge in [0.1, 0.15) is 5.65 Å². The van der Waals surface area contributed by atoms with E-state index in [-0.39, 0.29) is 16.9 Å². The summed E-state index contributed by atoms with van der Waals surface area (Å²) >= 11 is 0. The lowest BCUT2D eigenvalue weighted by atomic mass is 10.2. The highest BCUT2D eigenvalue weighted by Crippen LogP contribution is 2.02. The van der Waals surface area contributed by atoms with Gasteiger partial charge in [0.25, 0.3) is 0 Å². The molecule has 0 radical (unpaired) electrons. The minimum atomic E-state index is -0.331. The number of aromatic nitrogens is 3. The number of nitrogens with zero attached hydrogens (tertiary/aromatic N) is 1. The summed E-state index contributed by atoms with van der Waals surface area (Å²) in [6.07, 6.45) is 1.62. The van der Waals surface area contributed by atoms with Gasteiger partial charge in [0.15, 0.2) is 11.5 Å². The zero-order chi connectivity index (χ0) is 9.42. The fraction of sp³-hybridized carbons (Fsp3) is 0.125. The Morgan fingerprint density at radius 2 is 2.31 bits per heavy atom. The summed E-state index contributed by atoms with van der Waals surface area (Å²) in [6, 6.07) is 1.61. The van der Waals surface area contributed by atoms with Gasteiger partial charge in [-0.1, -0.05) is 0 Å². The van der Waals surface area contributed by atoms with Gasteiger partial charge in [0, 0.05) is 13.1 Å². The van der Waals surface area contributed by atoms with Crippen LogP contribution in [-0.4, -0.2) is 21.0 Å². The summed E-state index contributed by atoms with van der Waals surface area (Å²) in [4.78, 5) is 25.2. The lowest BCUT2D eigenvalue weighted by Gasteiger charge is -1.93. The Balaban J connectivity index is 2.89. The Morgan fingerprint density at radius 1 is 1.54 bits per heavy atom. The highest BCUT2D eigenvalue weighted by molar-refractivity contribution is 5.94. The van der Waals surface area contributed by atoms with Gasteiger partial charge in [-0.15, -0.1) is 0 Å². The number of fused-ring (bicyclic) bond motifs is 1. The Hall–Kier alpha value is -1.91. The third kappa shape index (κ3) is 1.05. The number of Topliss-reactive ketones (excluding diaryl/α,β-unsaturated/α-hetero) is 1. The molecule has 2 aromatic rings. The van der Waals surface area contributed by atoms with Crippen molar-refractivity contribution in [1.29, 1.82) is 0 Å². The van der Waals surface area contributed by atoms with Crippen molar-refractivity contribution in [2.45, 2.75) is 6.92 Å². The number of rotatable bonds is 1. The van der Waals surface area contributed by atoms with Crippen LogP contribution in [0.2, 0.25) is 0 Å². The maximum absolute atomic E-state index is 11.5. The summed E-state index contributed by atoms with van der Waals surface area (Å²) in [5, 5.41) is 6.71. The van der Waals surface area contributed by atoms with Crippen molar-refractivity contribution < 1.29 is 4.79 Å². The quantitative estimate of drug-likeness (QED) is 0.621. The van der Waals surface area contributed by atoms with Gasteiger partial charge in [0.05, 0.1) is 5.39 Å². The second-order valence-electron chi connectivity index (χ2n) is 2.72. The maximum atomic E-state index is 11.5. The molecule has 0 fully saturated rings. The summed E-state index contributed by atoms with van der Waals surface area (Å²) < 4.78 is 0. The van der Waals surface area contributed by atoms with E-state index >= 15 is 0 Å². The molecule has 0 spiro atoms. The molecule has 13 heavy (non-hydrogen) atoms. The molecular weight excluding hydrogens is 170 g/mol. The van der Waals surface area contributed by atoms with Gasteiger partial charge >= 0.3 is 0 Å². The van der Waals surface area contributed by atoms with Crippen molar-refractivity contribution in [1.82, 2.24) is 15.2 Å². The molecule has 5 heteroatoms. The molecule has 0 saturated heterocycles. The van der Waals surface area contributed by atoms with Gasteiger partial charge < -0.3 is 4.98 Å². The summed E-state index contributed by atoms with van der Waals surface area (Å²) in [6.45, 7) is 1.32. The second-order valence-corrected chi connectivity index (χ2v) is 2.72. The fourth-order valence-corrected chi connectivity index (χ4v) is 1.18. The minimum Gasteiger partial charge on any atom is -0.346 e. The first-order valence-electron chi connectivity index (χ1n) is 3.77. The van der Waals surface area contributed by atoms with E-state index in [1.165, 1.54) is 6.92 Å². The molecule has 0 saturated carbocycles. The molecule has 0 unspecified atom stereocenters. The van der Waals surface area contributed by atoms with Crippen LogP contribution in [0.15, 0.2) is 17.1 Å². The maximum Gasteiger partial charge on any atom is 0.220 e. The number of aromatic amines is 2. The van der Waals surface area contributed by atoms with E-state index in [2.05, 4.69) is 15.2 Å². The zero-order valence-corrected chi connectivity index (χ0v) is 6.92. The third-order valence-electron chi connectivity index (χ3n) is 1.82. The van der Waals surface area contributed by atoms with Crippen LogP contribution in [0, 0.1) is 0 Å². The first kappa shape index (κ1) is 7.72. The van der Waals surface area contributed by atoms with E-state index in [1.54, 1.807) is 12.3 Å². The molecule has 0 amide bonds. The van der Waals surface area contributed by atoms with Crippen molar-refractivity contribution in [2.24, 2.45) is 0 Å². The first-order chi connectivity index (χ1) is 6.20. The smallest absolute Gasteiger partial charge is 0.220 e. The van der Waals surface area contributed by atoms with Crippen LogP contribution in [0.25, 0.3) is 11.0 Å². The molecular formula is C8H7N3O2. The lowest BCUT2D eigenvalue weighted by molar-refractivity contribution is 0.101. The predicted octanol–water partition coefficient (Wildman–Crippen LogP) is 0.454. The van der Waals surface area contributed by atoms with E-state index in [4.69, 9.17) is 0 Å². The number of carbonyl (C=O) groups is 1. The van der Waals surface area contributed by atoms with Crippen molar-refractivity contribution in [3.8, 4) is 0 Å². The number of nitrogens with one attached hydrogen (secondary N) is 2. The van der Waals surface area contributed by atoms with E-state index in [1.807, 2.05) is 0 Å². The number of hydrogen-bond acceptors (Lipinski definition) is 3. The van der Waals surface area contributed by atoms with Crippen LogP contribution in [0.4, 0.5) is 0 Å². The summed E-state index contributed by atoms with van der Waals surface area (Å²) in [5.74, 6) is -0.329. The normalized spacial score (nSPS) is 10.5. The Kier molecular flexibility index (Phi) is 1.51. The zero-order valence-electron chi connectivity index (χ0n) is 6.92. The van der Waals surface area contributed by atoms with Crippen LogP contribution < -0.4 is 5.43 Å². The highest BCUT2D eigenvalue weighted by atomic mass is 16.1. The molecule has 2 N–H and O–H groups in total. The Labute approximate surface area is 72.8 Å². The standard InChI is InChI=1S/C8H7N3O2/c1-4(12)6-7(13)5-2-3-9-8(5)11-10-6/h2-3H,1H3,(H2,9,11,13). The first-order valence-corrected chi connectivity index (χ1v) is 3.77. The molecule has 0 aliphatic carbocycles. The van der Waals surface area contributed by atoms with Gasteiger partial charge in [-0.2, -0.15) is 5.10 Å². The van der Waals surface area contributed by atoms with Gasteiger partial charge in [0.2, 0.25) is 5.43 Å². The minimum absolute atomic E-state index is 0.0490. The van der Waals surface area contributed by atoms with E-state index in [9.17, 15) is 9.59 Å². The van der Waals surface area contributed by atoms with Gasteiger partial charge in [-0.05, 0) is 6.07 Å². The molecule has 2 heterocycles. The van der Waals surface area contributed by atoms with Crippen LogP contribution in [0.3, 0.4) is 0 Å². The molecule has 0 aromatic carbocycles. The number of ketones is 1. The van der Waals surface area contributed by atoms with Crippen molar-refractivity contribution in [3.05, 3.63) is 28.2 Å². The van der Waals surface area contributed by atoms with Crippen LogP contribution >= 0.6 is 0 Å². The second kappa shape index (κ2) is 2.55. The molecule has 0 atom stereocenters. The summed E-state index contributed by atoms with van der Waals surface area (Å²) in [5.41, 5.74) is 0.157. The molecule has 0 aliphatic heterocycles. The van der Waals surface area contributed by atoms with Crippen molar-refractivity contribution >= 4 is 16.8 Å². The van der Waals surface area contributed by atoms with Crippen molar-refractivity contribution in [2.75, 3.05) is 0 Å². The van der Waals surface area contributed by atoms with Gasteiger partial charge in [-0.25, -0.2) is 0 Å². The number of carbonyl (C=O) groups excluding carboxylic acids is 1. The SMILES string of the molecule is CC(=O)c1n[nH]c2[nH]ccc2c1=O. The monoisotopic (exact) mass is 177 g/mol. The lowest BCUT2D eigenvalue weighted by Crippen LogP contribution is -2.16. The molecule has 2 aromatic heterocycles. The van der Waals surface area contributed by atoms with Gasteiger partial charge in [-0.3, -0.25) is 14.7 Å². The molecule has 0 aliphatic rings.